The SMILES string of the molecule is CN1CCN(c2ccc(N[C]=S)cc2F)CC1. The molecule has 91 valence electrons. The van der Waals surface area contributed by atoms with E-state index in [1.54, 1.807) is 6.07 Å². The van der Waals surface area contributed by atoms with Crippen LogP contribution in [0.4, 0.5) is 15.8 Å². The van der Waals surface area contributed by atoms with Crippen molar-refractivity contribution in [3.05, 3.63) is 24.0 Å². The van der Waals surface area contributed by atoms with Crippen molar-refractivity contribution in [2.45, 2.75) is 0 Å². The number of halogens is 1. The lowest BCUT2D eigenvalue weighted by Gasteiger charge is -2.34. The fourth-order valence-corrected chi connectivity index (χ4v) is 2.07. The normalized spacial score (nSPS) is 16.9. The first kappa shape index (κ1) is 12.3. The summed E-state index contributed by atoms with van der Waals surface area (Å²) >= 11 is 4.55. The van der Waals surface area contributed by atoms with Gasteiger partial charge in [0.05, 0.1) is 5.69 Å². The van der Waals surface area contributed by atoms with Crippen LogP contribution in [0.5, 0.6) is 0 Å². The second kappa shape index (κ2) is 5.42. The minimum absolute atomic E-state index is 0.218. The summed E-state index contributed by atoms with van der Waals surface area (Å²) in [5.74, 6) is -0.218. The number of anilines is 2. The van der Waals surface area contributed by atoms with Crippen LogP contribution in [0.15, 0.2) is 18.2 Å². The number of thiocarbonyl (C=S) groups is 1. The second-order valence-electron chi connectivity index (χ2n) is 4.18. The molecule has 1 aliphatic rings. The van der Waals surface area contributed by atoms with Gasteiger partial charge in [0.15, 0.2) is 0 Å². The van der Waals surface area contributed by atoms with Gasteiger partial charge < -0.3 is 15.1 Å². The number of piperazine rings is 1. The average molecular weight is 252 g/mol. The minimum Gasteiger partial charge on any atom is -0.367 e. The lowest BCUT2D eigenvalue weighted by Crippen LogP contribution is -2.44. The zero-order valence-electron chi connectivity index (χ0n) is 9.74. The van der Waals surface area contributed by atoms with Crippen LogP contribution in [0.3, 0.4) is 0 Å². The van der Waals surface area contributed by atoms with Gasteiger partial charge in [0, 0.05) is 31.9 Å². The largest absolute Gasteiger partial charge is 0.367 e. The molecule has 0 amide bonds. The van der Waals surface area contributed by atoms with Gasteiger partial charge in [0.25, 0.3) is 0 Å². The van der Waals surface area contributed by atoms with Crippen LogP contribution in [0.25, 0.3) is 0 Å². The van der Waals surface area contributed by atoms with E-state index in [9.17, 15) is 4.39 Å². The summed E-state index contributed by atoms with van der Waals surface area (Å²) < 4.78 is 13.9. The van der Waals surface area contributed by atoms with Crippen molar-refractivity contribution >= 4 is 29.1 Å². The highest BCUT2D eigenvalue weighted by atomic mass is 32.1. The minimum atomic E-state index is -0.218. The fraction of sp³-hybridized carbons (Fsp3) is 0.417. The van der Waals surface area contributed by atoms with Gasteiger partial charge in [-0.1, -0.05) is 12.2 Å². The molecular formula is C12H15FN3S. The molecule has 1 fully saturated rings. The molecule has 1 aromatic rings. The Hall–Kier alpha value is -1.20. The van der Waals surface area contributed by atoms with Crippen LogP contribution in [0, 0.1) is 5.82 Å². The monoisotopic (exact) mass is 252 g/mol. The molecule has 5 heteroatoms. The average Bonchev–Trinajstić information content (AvgIpc) is 2.31. The predicted molar refractivity (Wildman–Crippen MR) is 72.3 cm³/mol. The lowest BCUT2D eigenvalue weighted by molar-refractivity contribution is 0.311. The molecule has 2 rings (SSSR count). The molecule has 0 saturated carbocycles. The molecule has 1 radical (unpaired) electrons. The van der Waals surface area contributed by atoms with Crippen molar-refractivity contribution < 1.29 is 4.39 Å². The number of nitrogens with one attached hydrogen (secondary N) is 1. The van der Waals surface area contributed by atoms with Crippen molar-refractivity contribution in [1.82, 2.24) is 4.90 Å². The molecule has 0 spiro atoms. The molecule has 0 aromatic heterocycles. The number of hydrogen-bond donors (Lipinski definition) is 1. The summed E-state index contributed by atoms with van der Waals surface area (Å²) in [6, 6.07) is 5.05. The third-order valence-corrected chi connectivity index (χ3v) is 3.09. The molecule has 0 atom stereocenters. The van der Waals surface area contributed by atoms with E-state index in [-0.39, 0.29) is 5.82 Å². The van der Waals surface area contributed by atoms with Gasteiger partial charge >= 0.3 is 0 Å². The number of nitrogens with zero attached hydrogens (tertiary/aromatic N) is 2. The summed E-state index contributed by atoms with van der Waals surface area (Å²) in [7, 11) is 2.08. The Labute approximate surface area is 106 Å². The Morgan fingerprint density at radius 1 is 1.29 bits per heavy atom. The van der Waals surface area contributed by atoms with Crippen LogP contribution in [-0.2, 0) is 0 Å². The van der Waals surface area contributed by atoms with Crippen molar-refractivity contribution in [1.29, 1.82) is 0 Å². The van der Waals surface area contributed by atoms with E-state index in [1.807, 2.05) is 6.07 Å². The smallest absolute Gasteiger partial charge is 0.148 e. The molecule has 1 aliphatic heterocycles. The van der Waals surface area contributed by atoms with E-state index in [4.69, 9.17) is 0 Å². The standard InChI is InChI=1S/C12H15FN3S/c1-15-4-6-16(7-5-15)12-3-2-10(14-9-17)8-11(12)13/h2-3,8H,4-7H2,1H3,(H,14,17). The molecule has 1 saturated heterocycles. The molecule has 1 heterocycles. The van der Waals surface area contributed by atoms with Crippen molar-refractivity contribution in [2.24, 2.45) is 0 Å². The second-order valence-corrected chi connectivity index (χ2v) is 4.39. The summed E-state index contributed by atoms with van der Waals surface area (Å²) in [4.78, 5) is 4.31. The Morgan fingerprint density at radius 2 is 2.00 bits per heavy atom. The molecular weight excluding hydrogens is 237 g/mol. The fourth-order valence-electron chi connectivity index (χ4n) is 1.95. The summed E-state index contributed by atoms with van der Waals surface area (Å²) in [5.41, 5.74) is 3.66. The highest BCUT2D eigenvalue weighted by Gasteiger charge is 2.17. The number of likely N-dealkylation sites (N-methyl/N-ethyl adjacent to an activating group) is 1. The third kappa shape index (κ3) is 2.92. The molecule has 1 aromatic carbocycles. The van der Waals surface area contributed by atoms with E-state index in [0.29, 0.717) is 11.4 Å². The number of benzene rings is 1. The molecule has 17 heavy (non-hydrogen) atoms. The molecule has 0 bridgehead atoms. The topological polar surface area (TPSA) is 18.5 Å². The molecule has 1 N–H and O–H groups in total. The first-order valence-electron chi connectivity index (χ1n) is 5.57. The van der Waals surface area contributed by atoms with E-state index in [2.05, 4.69) is 39.9 Å². The maximum atomic E-state index is 13.9. The predicted octanol–water partition coefficient (Wildman–Crippen LogP) is 1.82. The van der Waals surface area contributed by atoms with Gasteiger partial charge in [0.1, 0.15) is 11.3 Å². The Balaban J connectivity index is 2.13. The molecule has 0 unspecified atom stereocenters. The van der Waals surface area contributed by atoms with E-state index in [1.165, 1.54) is 6.07 Å². The van der Waals surface area contributed by atoms with Crippen LogP contribution in [0.1, 0.15) is 0 Å². The Bertz CT molecular complexity index is 403. The quantitative estimate of drug-likeness (QED) is 0.653. The van der Waals surface area contributed by atoms with Crippen molar-refractivity contribution in [3.63, 3.8) is 0 Å². The van der Waals surface area contributed by atoms with Gasteiger partial charge in [-0.3, -0.25) is 0 Å². The number of hydrogen-bond acceptors (Lipinski definition) is 3. The molecule has 3 nitrogen and oxygen atoms in total. The maximum Gasteiger partial charge on any atom is 0.148 e. The third-order valence-electron chi connectivity index (χ3n) is 2.99. The van der Waals surface area contributed by atoms with Gasteiger partial charge in [-0.25, -0.2) is 4.39 Å². The van der Waals surface area contributed by atoms with E-state index >= 15 is 0 Å². The van der Waals surface area contributed by atoms with Crippen molar-refractivity contribution in [2.75, 3.05) is 43.4 Å². The van der Waals surface area contributed by atoms with Crippen LogP contribution in [0.2, 0.25) is 0 Å². The zero-order valence-corrected chi connectivity index (χ0v) is 10.6. The summed E-state index contributed by atoms with van der Waals surface area (Å²) in [5, 5.41) is 2.68. The van der Waals surface area contributed by atoms with Gasteiger partial charge in [-0.05, 0) is 25.2 Å². The highest BCUT2D eigenvalue weighted by Crippen LogP contribution is 2.23. The van der Waals surface area contributed by atoms with Crippen molar-refractivity contribution in [3.8, 4) is 0 Å². The lowest BCUT2D eigenvalue weighted by atomic mass is 10.2. The van der Waals surface area contributed by atoms with Crippen LogP contribution in [-0.4, -0.2) is 43.6 Å². The highest BCUT2D eigenvalue weighted by molar-refractivity contribution is 7.79. The van der Waals surface area contributed by atoms with E-state index in [0.717, 1.165) is 26.2 Å². The van der Waals surface area contributed by atoms with Gasteiger partial charge in [-0.2, -0.15) is 0 Å². The van der Waals surface area contributed by atoms with Crippen LogP contribution < -0.4 is 10.2 Å². The maximum absolute atomic E-state index is 13.9. The van der Waals surface area contributed by atoms with E-state index < -0.39 is 0 Å². The number of rotatable bonds is 3. The first-order valence-corrected chi connectivity index (χ1v) is 5.98. The van der Waals surface area contributed by atoms with Gasteiger partial charge in [-0.15, -0.1) is 0 Å². The Morgan fingerprint density at radius 3 is 2.59 bits per heavy atom. The Kier molecular flexibility index (Phi) is 3.91. The summed E-state index contributed by atoms with van der Waals surface area (Å²) in [6.07, 6.45) is 0. The zero-order chi connectivity index (χ0) is 12.3. The van der Waals surface area contributed by atoms with Gasteiger partial charge in [0.2, 0.25) is 0 Å². The summed E-state index contributed by atoms with van der Waals surface area (Å²) in [6.45, 7) is 3.65. The van der Waals surface area contributed by atoms with Crippen LogP contribution >= 0.6 is 12.2 Å². The first-order chi connectivity index (χ1) is 8.20. The molecule has 0 aliphatic carbocycles.